The van der Waals surface area contributed by atoms with Crippen LogP contribution in [0.25, 0.3) is 0 Å². The maximum absolute atomic E-state index is 13.4. The maximum atomic E-state index is 13.4. The van der Waals surface area contributed by atoms with Gasteiger partial charge < -0.3 is 19.1 Å². The van der Waals surface area contributed by atoms with E-state index in [-0.39, 0.29) is 17.0 Å². The predicted octanol–water partition coefficient (Wildman–Crippen LogP) is 4.17. The summed E-state index contributed by atoms with van der Waals surface area (Å²) in [4.78, 5) is 14.5. The summed E-state index contributed by atoms with van der Waals surface area (Å²) >= 11 is 5.88. The third-order valence-corrected chi connectivity index (χ3v) is 5.46. The van der Waals surface area contributed by atoms with Gasteiger partial charge >= 0.3 is 0 Å². The van der Waals surface area contributed by atoms with Gasteiger partial charge in [0.2, 0.25) is 5.91 Å². The van der Waals surface area contributed by atoms with Crippen molar-refractivity contribution >= 4 is 17.5 Å². The molecule has 1 fully saturated rings. The maximum Gasteiger partial charge on any atom is 0.223 e. The lowest BCUT2D eigenvalue weighted by molar-refractivity contribution is -0.139. The molecule has 1 unspecified atom stereocenters. The number of carbonyl (C=O) groups is 1. The number of nitrogens with zero attached hydrogens (tertiary/aromatic N) is 1. The molecule has 0 spiro atoms. The Hall–Kier alpha value is -2.31. The number of benzene rings is 2. The number of carbonyl (C=O) groups excluding carboxylic acids is 1. The van der Waals surface area contributed by atoms with Crippen LogP contribution in [-0.2, 0) is 16.0 Å². The molecule has 1 atom stereocenters. The molecule has 29 heavy (non-hydrogen) atoms. The van der Waals surface area contributed by atoms with E-state index in [4.69, 9.17) is 25.8 Å². The Balaban J connectivity index is 1.36. The van der Waals surface area contributed by atoms with Crippen LogP contribution in [0.3, 0.4) is 0 Å². The molecule has 2 aliphatic heterocycles. The van der Waals surface area contributed by atoms with Crippen molar-refractivity contribution in [3.63, 3.8) is 0 Å². The van der Waals surface area contributed by atoms with Gasteiger partial charge in [-0.25, -0.2) is 4.39 Å². The monoisotopic (exact) mass is 419 g/mol. The van der Waals surface area contributed by atoms with Crippen LogP contribution in [0.15, 0.2) is 36.4 Å². The first-order chi connectivity index (χ1) is 14.1. The quantitative estimate of drug-likeness (QED) is 0.746. The highest BCUT2D eigenvalue weighted by Gasteiger charge is 2.25. The van der Waals surface area contributed by atoms with Crippen LogP contribution in [0.1, 0.15) is 30.1 Å². The Labute approximate surface area is 174 Å². The van der Waals surface area contributed by atoms with Crippen LogP contribution in [0.4, 0.5) is 4.39 Å². The van der Waals surface area contributed by atoms with Gasteiger partial charge in [-0.05, 0) is 41.8 Å². The summed E-state index contributed by atoms with van der Waals surface area (Å²) in [5.74, 6) is 1.10. The molecular formula is C22H23ClFNO4. The van der Waals surface area contributed by atoms with E-state index >= 15 is 0 Å². The van der Waals surface area contributed by atoms with Gasteiger partial charge in [0, 0.05) is 19.4 Å². The van der Waals surface area contributed by atoms with E-state index in [9.17, 15) is 9.18 Å². The lowest BCUT2D eigenvalue weighted by Gasteiger charge is -2.33. The lowest BCUT2D eigenvalue weighted by atomic mass is 10.1. The van der Waals surface area contributed by atoms with E-state index in [2.05, 4.69) is 0 Å². The van der Waals surface area contributed by atoms with Crippen LogP contribution in [0.2, 0.25) is 5.02 Å². The molecule has 1 saturated heterocycles. The Kier molecular flexibility index (Phi) is 6.21. The summed E-state index contributed by atoms with van der Waals surface area (Å²) in [6, 6.07) is 10.4. The predicted molar refractivity (Wildman–Crippen MR) is 107 cm³/mol. The number of hydrogen-bond acceptors (Lipinski definition) is 4. The standard InChI is InChI=1S/C22H23ClFNO4/c23-17-13-16(4-5-18(17)24)21-14-25(8-11-29-21)22(26)7-3-15-2-6-19-20(12-15)28-10-1-9-27-19/h2,4-6,12-13,21H,1,3,7-11,14H2. The second-order valence-electron chi connectivity index (χ2n) is 7.20. The van der Waals surface area contributed by atoms with Gasteiger partial charge in [-0.15, -0.1) is 0 Å². The molecule has 4 rings (SSSR count). The SMILES string of the molecule is O=C(CCc1ccc2c(c1)OCCCO2)N1CCOC(c2ccc(F)c(Cl)c2)C1. The molecule has 5 nitrogen and oxygen atoms in total. The fraction of sp³-hybridized carbons (Fsp3) is 0.409. The highest BCUT2D eigenvalue weighted by atomic mass is 35.5. The minimum Gasteiger partial charge on any atom is -0.490 e. The molecule has 0 bridgehead atoms. The number of halogens is 2. The van der Waals surface area contributed by atoms with Gasteiger partial charge in [0.05, 0.1) is 31.4 Å². The number of ether oxygens (including phenoxy) is 3. The molecule has 0 N–H and O–H groups in total. The first-order valence-electron chi connectivity index (χ1n) is 9.83. The van der Waals surface area contributed by atoms with E-state index in [1.165, 1.54) is 6.07 Å². The summed E-state index contributed by atoms with van der Waals surface area (Å²) in [5, 5.41) is 0.0592. The topological polar surface area (TPSA) is 48.0 Å². The first kappa shape index (κ1) is 20.0. The first-order valence-corrected chi connectivity index (χ1v) is 10.2. The fourth-order valence-electron chi connectivity index (χ4n) is 3.56. The van der Waals surface area contributed by atoms with Crippen molar-refractivity contribution in [2.45, 2.75) is 25.4 Å². The van der Waals surface area contributed by atoms with E-state index in [0.29, 0.717) is 45.8 Å². The normalized spacial score (nSPS) is 19.0. The van der Waals surface area contributed by atoms with Gasteiger partial charge in [0.1, 0.15) is 11.9 Å². The van der Waals surface area contributed by atoms with Gasteiger partial charge in [-0.2, -0.15) is 0 Å². The highest BCUT2D eigenvalue weighted by Crippen LogP contribution is 2.31. The number of hydrogen-bond donors (Lipinski definition) is 0. The number of fused-ring (bicyclic) bond motifs is 1. The zero-order chi connectivity index (χ0) is 20.2. The van der Waals surface area contributed by atoms with E-state index in [0.717, 1.165) is 29.0 Å². The second kappa shape index (κ2) is 9.01. The van der Waals surface area contributed by atoms with Crippen molar-refractivity contribution in [1.29, 1.82) is 0 Å². The number of aryl methyl sites for hydroxylation is 1. The summed E-state index contributed by atoms with van der Waals surface area (Å²) in [5.41, 5.74) is 1.81. The molecule has 0 saturated carbocycles. The molecule has 2 aromatic carbocycles. The zero-order valence-electron chi connectivity index (χ0n) is 16.0. The number of amides is 1. The fourth-order valence-corrected chi connectivity index (χ4v) is 3.75. The summed E-state index contributed by atoms with van der Waals surface area (Å²) in [6.45, 7) is 2.71. The smallest absolute Gasteiger partial charge is 0.223 e. The van der Waals surface area contributed by atoms with Crippen molar-refractivity contribution in [2.75, 3.05) is 32.9 Å². The van der Waals surface area contributed by atoms with Crippen LogP contribution in [-0.4, -0.2) is 43.7 Å². The lowest BCUT2D eigenvalue weighted by Crippen LogP contribution is -2.42. The average molecular weight is 420 g/mol. The minimum atomic E-state index is -0.464. The molecule has 154 valence electrons. The number of rotatable bonds is 4. The molecule has 2 aliphatic rings. The van der Waals surface area contributed by atoms with Crippen molar-refractivity contribution in [1.82, 2.24) is 4.90 Å². The zero-order valence-corrected chi connectivity index (χ0v) is 16.8. The third-order valence-electron chi connectivity index (χ3n) is 5.17. The van der Waals surface area contributed by atoms with Crippen LogP contribution < -0.4 is 9.47 Å². The van der Waals surface area contributed by atoms with E-state index in [1.54, 1.807) is 17.0 Å². The molecule has 1 amide bonds. The van der Waals surface area contributed by atoms with Crippen LogP contribution in [0.5, 0.6) is 11.5 Å². The highest BCUT2D eigenvalue weighted by molar-refractivity contribution is 6.30. The summed E-state index contributed by atoms with van der Waals surface area (Å²) in [6.07, 6.45) is 1.58. The Morgan fingerprint density at radius 3 is 2.76 bits per heavy atom. The van der Waals surface area contributed by atoms with Gasteiger partial charge in [0.25, 0.3) is 0 Å². The van der Waals surface area contributed by atoms with Gasteiger partial charge in [-0.3, -0.25) is 4.79 Å². The van der Waals surface area contributed by atoms with Crippen molar-refractivity contribution in [3.8, 4) is 11.5 Å². The largest absolute Gasteiger partial charge is 0.490 e. The van der Waals surface area contributed by atoms with Crippen LogP contribution in [0, 0.1) is 5.82 Å². The minimum absolute atomic E-state index is 0.0592. The van der Waals surface area contributed by atoms with Crippen molar-refractivity contribution < 1.29 is 23.4 Å². The molecule has 7 heteroatoms. The third kappa shape index (κ3) is 4.82. The van der Waals surface area contributed by atoms with Gasteiger partial charge in [-0.1, -0.05) is 23.7 Å². The summed E-state index contributed by atoms with van der Waals surface area (Å²) in [7, 11) is 0. The molecule has 2 heterocycles. The molecular weight excluding hydrogens is 397 g/mol. The van der Waals surface area contributed by atoms with Crippen molar-refractivity contribution in [3.05, 3.63) is 58.4 Å². The van der Waals surface area contributed by atoms with E-state index in [1.807, 2.05) is 18.2 Å². The van der Waals surface area contributed by atoms with E-state index < -0.39 is 5.82 Å². The average Bonchev–Trinajstić information content (AvgIpc) is 2.99. The Morgan fingerprint density at radius 2 is 1.93 bits per heavy atom. The van der Waals surface area contributed by atoms with Crippen molar-refractivity contribution in [2.24, 2.45) is 0 Å². The number of morpholine rings is 1. The van der Waals surface area contributed by atoms with Gasteiger partial charge in [0.15, 0.2) is 11.5 Å². The second-order valence-corrected chi connectivity index (χ2v) is 7.61. The summed E-state index contributed by atoms with van der Waals surface area (Å²) < 4.78 is 30.5. The molecule has 0 aromatic heterocycles. The molecule has 2 aromatic rings. The Bertz CT molecular complexity index is 891. The molecule has 0 radical (unpaired) electrons. The Morgan fingerprint density at radius 1 is 1.10 bits per heavy atom. The molecule has 0 aliphatic carbocycles. The van der Waals surface area contributed by atoms with Crippen LogP contribution >= 0.6 is 11.6 Å².